The summed E-state index contributed by atoms with van der Waals surface area (Å²) in [6.07, 6.45) is 2.30. The van der Waals surface area contributed by atoms with Gasteiger partial charge in [-0.05, 0) is 24.1 Å². The molecule has 0 unspecified atom stereocenters. The Bertz CT molecular complexity index is 450. The molecule has 1 aromatic heterocycles. The van der Waals surface area contributed by atoms with E-state index in [0.29, 0.717) is 5.15 Å². The fraction of sp³-hybridized carbons (Fsp3) is 0.250. The molecular weight excluding hydrogens is 240 g/mol. The average Bonchev–Trinajstić information content (AvgIpc) is 2.67. The highest BCUT2D eigenvalue weighted by molar-refractivity contribution is 7.14. The minimum absolute atomic E-state index is 0.537. The number of aryl methyl sites for hydroxylation is 1. The zero-order chi connectivity index (χ0) is 11.4. The van der Waals surface area contributed by atoms with Crippen molar-refractivity contribution < 1.29 is 0 Å². The minimum atomic E-state index is 0.537. The molecule has 0 aliphatic carbocycles. The number of halogens is 1. The molecule has 0 aliphatic heterocycles. The first-order valence-electron chi connectivity index (χ1n) is 5.25. The van der Waals surface area contributed by atoms with E-state index in [4.69, 9.17) is 11.6 Å². The van der Waals surface area contributed by atoms with Crippen LogP contribution in [0.4, 0.5) is 10.8 Å². The summed E-state index contributed by atoms with van der Waals surface area (Å²) in [4.78, 5) is 4.14. The normalized spacial score (nSPS) is 10.4. The van der Waals surface area contributed by atoms with Crippen molar-refractivity contribution in [1.29, 1.82) is 0 Å². The number of nitrogens with zero attached hydrogens (tertiary/aromatic N) is 1. The van der Waals surface area contributed by atoms with Gasteiger partial charge in [-0.1, -0.05) is 37.1 Å². The Hall–Kier alpha value is -1.06. The molecule has 0 bridgehead atoms. The quantitative estimate of drug-likeness (QED) is 0.867. The summed E-state index contributed by atoms with van der Waals surface area (Å²) in [7, 11) is 0. The van der Waals surface area contributed by atoms with Gasteiger partial charge < -0.3 is 5.32 Å². The van der Waals surface area contributed by atoms with Crippen LogP contribution >= 0.6 is 22.9 Å². The standard InChI is InChI=1S/C12H13ClN2S/c1-2-3-9-4-6-10(7-5-9)14-12-15-11(13)8-16-12/h4-8H,2-3H2,1H3,(H,14,15). The molecule has 0 saturated carbocycles. The Balaban J connectivity index is 2.05. The fourth-order valence-electron chi connectivity index (χ4n) is 1.48. The number of benzene rings is 1. The van der Waals surface area contributed by atoms with Crippen LogP contribution in [0.1, 0.15) is 18.9 Å². The Morgan fingerprint density at radius 3 is 2.62 bits per heavy atom. The van der Waals surface area contributed by atoms with Crippen LogP contribution in [0.3, 0.4) is 0 Å². The molecule has 1 N–H and O–H groups in total. The number of rotatable bonds is 4. The zero-order valence-corrected chi connectivity index (χ0v) is 10.6. The van der Waals surface area contributed by atoms with Crippen LogP contribution in [0.2, 0.25) is 5.15 Å². The van der Waals surface area contributed by atoms with Crippen LogP contribution in [0.5, 0.6) is 0 Å². The van der Waals surface area contributed by atoms with Gasteiger partial charge in [-0.2, -0.15) is 0 Å². The summed E-state index contributed by atoms with van der Waals surface area (Å²) in [5.41, 5.74) is 2.41. The molecule has 84 valence electrons. The summed E-state index contributed by atoms with van der Waals surface area (Å²) in [6, 6.07) is 8.42. The predicted molar refractivity (Wildman–Crippen MR) is 70.8 cm³/mol. The summed E-state index contributed by atoms with van der Waals surface area (Å²) >= 11 is 7.26. The lowest BCUT2D eigenvalue weighted by Gasteiger charge is -2.03. The lowest BCUT2D eigenvalue weighted by molar-refractivity contribution is 0.922. The molecule has 16 heavy (non-hydrogen) atoms. The van der Waals surface area contributed by atoms with E-state index < -0.39 is 0 Å². The van der Waals surface area contributed by atoms with E-state index >= 15 is 0 Å². The van der Waals surface area contributed by atoms with Gasteiger partial charge in [-0.15, -0.1) is 11.3 Å². The van der Waals surface area contributed by atoms with E-state index in [1.807, 2.05) is 5.38 Å². The molecule has 0 fully saturated rings. The molecule has 0 aliphatic rings. The topological polar surface area (TPSA) is 24.9 Å². The lowest BCUT2D eigenvalue weighted by atomic mass is 10.1. The molecule has 1 heterocycles. The average molecular weight is 253 g/mol. The number of thiazole rings is 1. The van der Waals surface area contributed by atoms with Crippen LogP contribution in [0.15, 0.2) is 29.6 Å². The predicted octanol–water partition coefficient (Wildman–Crippen LogP) is 4.49. The molecule has 2 aromatic rings. The van der Waals surface area contributed by atoms with Crippen LogP contribution in [-0.2, 0) is 6.42 Å². The van der Waals surface area contributed by atoms with E-state index in [1.165, 1.54) is 23.3 Å². The highest BCUT2D eigenvalue weighted by Gasteiger charge is 2.00. The van der Waals surface area contributed by atoms with Gasteiger partial charge >= 0.3 is 0 Å². The first-order chi connectivity index (χ1) is 7.78. The van der Waals surface area contributed by atoms with Gasteiger partial charge in [0.05, 0.1) is 0 Å². The Labute approximate surface area is 104 Å². The molecule has 0 saturated heterocycles. The van der Waals surface area contributed by atoms with Crippen molar-refractivity contribution in [2.24, 2.45) is 0 Å². The van der Waals surface area contributed by atoms with Crippen LogP contribution in [0.25, 0.3) is 0 Å². The largest absolute Gasteiger partial charge is 0.332 e. The molecule has 0 spiro atoms. The lowest BCUT2D eigenvalue weighted by Crippen LogP contribution is -1.90. The molecule has 4 heteroatoms. The second-order valence-electron chi connectivity index (χ2n) is 3.55. The molecule has 0 amide bonds. The third-order valence-electron chi connectivity index (χ3n) is 2.22. The van der Waals surface area contributed by atoms with Crippen molar-refractivity contribution in [1.82, 2.24) is 4.98 Å². The maximum Gasteiger partial charge on any atom is 0.188 e. The third kappa shape index (κ3) is 2.97. The Morgan fingerprint density at radius 2 is 2.06 bits per heavy atom. The van der Waals surface area contributed by atoms with Gasteiger partial charge in [-0.3, -0.25) is 0 Å². The van der Waals surface area contributed by atoms with Crippen molar-refractivity contribution in [3.8, 4) is 0 Å². The van der Waals surface area contributed by atoms with E-state index in [1.54, 1.807) is 0 Å². The highest BCUT2D eigenvalue weighted by Crippen LogP contribution is 2.23. The Kier molecular flexibility index (Phi) is 3.80. The van der Waals surface area contributed by atoms with Gasteiger partial charge in [0.2, 0.25) is 0 Å². The van der Waals surface area contributed by atoms with Crippen molar-refractivity contribution in [2.45, 2.75) is 19.8 Å². The molecular formula is C12H13ClN2S. The van der Waals surface area contributed by atoms with Crippen molar-refractivity contribution in [2.75, 3.05) is 5.32 Å². The number of hydrogen-bond acceptors (Lipinski definition) is 3. The minimum Gasteiger partial charge on any atom is -0.332 e. The van der Waals surface area contributed by atoms with Crippen LogP contribution < -0.4 is 5.32 Å². The fourth-order valence-corrected chi connectivity index (χ4v) is 2.34. The third-order valence-corrected chi connectivity index (χ3v) is 3.30. The van der Waals surface area contributed by atoms with E-state index in [-0.39, 0.29) is 0 Å². The SMILES string of the molecule is CCCc1ccc(Nc2nc(Cl)cs2)cc1. The molecule has 1 aromatic carbocycles. The van der Waals surface area contributed by atoms with Gasteiger partial charge in [-0.25, -0.2) is 4.98 Å². The molecule has 2 rings (SSSR count). The van der Waals surface area contributed by atoms with Gasteiger partial charge in [0.15, 0.2) is 5.13 Å². The smallest absolute Gasteiger partial charge is 0.188 e. The number of hydrogen-bond donors (Lipinski definition) is 1. The van der Waals surface area contributed by atoms with E-state index in [0.717, 1.165) is 17.2 Å². The van der Waals surface area contributed by atoms with Crippen LogP contribution in [-0.4, -0.2) is 4.98 Å². The van der Waals surface area contributed by atoms with E-state index in [2.05, 4.69) is 41.5 Å². The van der Waals surface area contributed by atoms with Gasteiger partial charge in [0.1, 0.15) is 5.15 Å². The number of nitrogens with one attached hydrogen (secondary N) is 1. The maximum atomic E-state index is 5.75. The van der Waals surface area contributed by atoms with Crippen LogP contribution in [0, 0.1) is 0 Å². The summed E-state index contributed by atoms with van der Waals surface area (Å²) in [5, 5.41) is 6.40. The summed E-state index contributed by atoms with van der Waals surface area (Å²) in [6.45, 7) is 2.18. The second kappa shape index (κ2) is 5.32. The van der Waals surface area contributed by atoms with E-state index in [9.17, 15) is 0 Å². The number of anilines is 2. The van der Waals surface area contributed by atoms with Crippen molar-refractivity contribution >= 4 is 33.8 Å². The second-order valence-corrected chi connectivity index (χ2v) is 4.79. The zero-order valence-electron chi connectivity index (χ0n) is 9.03. The Morgan fingerprint density at radius 1 is 1.31 bits per heavy atom. The maximum absolute atomic E-state index is 5.75. The molecule has 0 radical (unpaired) electrons. The summed E-state index contributed by atoms with van der Waals surface area (Å²) < 4.78 is 0. The number of aromatic nitrogens is 1. The summed E-state index contributed by atoms with van der Waals surface area (Å²) in [5.74, 6) is 0. The molecule has 2 nitrogen and oxygen atoms in total. The molecule has 0 atom stereocenters. The van der Waals surface area contributed by atoms with Gasteiger partial charge in [0, 0.05) is 11.1 Å². The first kappa shape index (κ1) is 11.4. The monoisotopic (exact) mass is 252 g/mol. The highest BCUT2D eigenvalue weighted by atomic mass is 35.5. The van der Waals surface area contributed by atoms with Crippen molar-refractivity contribution in [3.63, 3.8) is 0 Å². The van der Waals surface area contributed by atoms with Gasteiger partial charge in [0.25, 0.3) is 0 Å². The first-order valence-corrected chi connectivity index (χ1v) is 6.50. The van der Waals surface area contributed by atoms with Crippen molar-refractivity contribution in [3.05, 3.63) is 40.4 Å².